The molecule has 0 aliphatic rings. The topological polar surface area (TPSA) is 78.9 Å². The molecule has 0 aromatic carbocycles. The van der Waals surface area contributed by atoms with Crippen molar-refractivity contribution in [2.75, 3.05) is 13.2 Å². The van der Waals surface area contributed by atoms with Crippen molar-refractivity contribution >= 4 is 17.9 Å². The van der Waals surface area contributed by atoms with Gasteiger partial charge in [0.1, 0.15) is 13.2 Å². The maximum absolute atomic E-state index is 13.0. The van der Waals surface area contributed by atoms with Gasteiger partial charge in [0.05, 0.1) is 0 Å². The van der Waals surface area contributed by atoms with Crippen molar-refractivity contribution in [2.24, 2.45) is 0 Å². The number of esters is 3. The Labute approximate surface area is 508 Å². The van der Waals surface area contributed by atoms with Crippen molar-refractivity contribution in [2.45, 2.75) is 341 Å². The van der Waals surface area contributed by atoms with Gasteiger partial charge in [-0.3, -0.25) is 14.4 Å². The Morgan fingerprint density at radius 1 is 0.256 bits per heavy atom. The number of ether oxygens (including phenoxy) is 3. The first-order chi connectivity index (χ1) is 40.5. The van der Waals surface area contributed by atoms with Crippen molar-refractivity contribution in [3.63, 3.8) is 0 Å². The Kier molecular flexibility index (Phi) is 66.2. The zero-order valence-electron chi connectivity index (χ0n) is 54.0. The van der Waals surface area contributed by atoms with Gasteiger partial charge in [0.25, 0.3) is 0 Å². The summed E-state index contributed by atoms with van der Waals surface area (Å²) in [5, 5.41) is 0. The van der Waals surface area contributed by atoms with Gasteiger partial charge in [0, 0.05) is 19.3 Å². The zero-order chi connectivity index (χ0) is 59.2. The Hall–Kier alpha value is -3.93. The lowest BCUT2D eigenvalue weighted by molar-refractivity contribution is -0.167. The third-order valence-electron chi connectivity index (χ3n) is 15.0. The second-order valence-corrected chi connectivity index (χ2v) is 23.1. The lowest BCUT2D eigenvalue weighted by Gasteiger charge is -2.18. The molecule has 1 atom stereocenters. The van der Waals surface area contributed by atoms with Crippen LogP contribution in [0.2, 0.25) is 0 Å². The van der Waals surface area contributed by atoms with Gasteiger partial charge < -0.3 is 14.2 Å². The lowest BCUT2D eigenvalue weighted by atomic mass is 10.1. The molecule has 470 valence electrons. The number of rotatable bonds is 63. The van der Waals surface area contributed by atoms with Gasteiger partial charge in [-0.2, -0.15) is 0 Å². The van der Waals surface area contributed by atoms with Crippen LogP contribution in [-0.4, -0.2) is 37.2 Å². The zero-order valence-corrected chi connectivity index (χ0v) is 54.0. The predicted molar refractivity (Wildman–Crippen MR) is 357 cm³/mol. The van der Waals surface area contributed by atoms with Gasteiger partial charge >= 0.3 is 17.9 Å². The summed E-state index contributed by atoms with van der Waals surface area (Å²) >= 11 is 0. The number of unbranched alkanes of at least 4 members (excludes halogenated alkanes) is 34. The fourth-order valence-corrected chi connectivity index (χ4v) is 9.77. The summed E-state index contributed by atoms with van der Waals surface area (Å²) in [6, 6.07) is 0. The number of hydrogen-bond acceptors (Lipinski definition) is 6. The first-order valence-corrected chi connectivity index (χ1v) is 34.9. The van der Waals surface area contributed by atoms with Crippen LogP contribution in [0.4, 0.5) is 0 Å². The third kappa shape index (κ3) is 66.9. The standard InChI is InChI=1S/C76H130O6/c1-4-7-10-13-16-19-22-25-28-31-34-36-38-40-42-45-48-51-54-57-60-63-66-69-75(78)81-72-73(71-80-74(77)68-65-62-59-56-53-50-47-44-33-30-27-24-21-18-15-12-9-6-3)82-76(79)70-67-64-61-58-55-52-49-46-43-41-39-37-35-32-29-26-23-20-17-14-11-8-5-2/h7,10,16,19,23,25-26,28,30,32-36,39-42,73H,4-6,8-9,11-15,17-18,20-22,24,27,29,31,37-38,43-72H2,1-3H3/b10-7-,19-16-,26-23-,28-25-,33-30-,35-32-,36-34-,41-39-,42-40-. The van der Waals surface area contributed by atoms with Crippen LogP contribution in [0.3, 0.4) is 0 Å². The van der Waals surface area contributed by atoms with Gasteiger partial charge in [0.2, 0.25) is 0 Å². The van der Waals surface area contributed by atoms with E-state index in [9.17, 15) is 14.4 Å². The van der Waals surface area contributed by atoms with E-state index >= 15 is 0 Å². The van der Waals surface area contributed by atoms with Gasteiger partial charge in [-0.25, -0.2) is 0 Å². The number of carbonyl (C=O) groups excluding carboxylic acids is 3. The number of allylic oxidation sites excluding steroid dienone is 18. The molecular formula is C76H130O6. The van der Waals surface area contributed by atoms with E-state index in [4.69, 9.17) is 14.2 Å². The van der Waals surface area contributed by atoms with Gasteiger partial charge in [0.15, 0.2) is 6.10 Å². The van der Waals surface area contributed by atoms with Crippen LogP contribution in [0.5, 0.6) is 0 Å². The molecule has 0 N–H and O–H groups in total. The smallest absolute Gasteiger partial charge is 0.306 e. The Morgan fingerprint density at radius 3 is 0.756 bits per heavy atom. The van der Waals surface area contributed by atoms with Crippen LogP contribution in [0.15, 0.2) is 109 Å². The lowest BCUT2D eigenvalue weighted by Crippen LogP contribution is -2.30. The predicted octanol–water partition coefficient (Wildman–Crippen LogP) is 24.2. The van der Waals surface area contributed by atoms with Crippen LogP contribution in [-0.2, 0) is 28.6 Å². The van der Waals surface area contributed by atoms with E-state index in [0.29, 0.717) is 19.3 Å². The molecule has 0 bridgehead atoms. The molecule has 0 radical (unpaired) electrons. The van der Waals surface area contributed by atoms with Crippen molar-refractivity contribution < 1.29 is 28.6 Å². The van der Waals surface area contributed by atoms with Crippen molar-refractivity contribution in [3.8, 4) is 0 Å². The maximum atomic E-state index is 13.0. The Bertz CT molecular complexity index is 1640. The van der Waals surface area contributed by atoms with E-state index in [1.807, 2.05) is 0 Å². The first-order valence-electron chi connectivity index (χ1n) is 34.9. The molecule has 6 heteroatoms. The summed E-state index contributed by atoms with van der Waals surface area (Å²) in [6.07, 6.45) is 95.2. The molecule has 0 aliphatic heterocycles. The summed E-state index contributed by atoms with van der Waals surface area (Å²) in [4.78, 5) is 38.5. The molecule has 0 saturated carbocycles. The van der Waals surface area contributed by atoms with Crippen LogP contribution in [0, 0.1) is 0 Å². The van der Waals surface area contributed by atoms with E-state index in [0.717, 1.165) is 116 Å². The SMILES string of the molecule is CC/C=C\C/C=C\C/C=C\C/C=C\C/C=C\CCCCCCCCCC(=O)OCC(COC(=O)CCCCCCCCC/C=C\CCCCCCCCC)OC(=O)CCCCCCCCCC/C=C\C/C=C\C/C=C\CCCCCCC. The van der Waals surface area contributed by atoms with Gasteiger partial charge in [-0.15, -0.1) is 0 Å². The highest BCUT2D eigenvalue weighted by molar-refractivity contribution is 5.71. The molecule has 0 amide bonds. The van der Waals surface area contributed by atoms with Crippen molar-refractivity contribution in [1.29, 1.82) is 0 Å². The highest BCUT2D eigenvalue weighted by atomic mass is 16.6. The Morgan fingerprint density at radius 2 is 0.476 bits per heavy atom. The molecule has 0 fully saturated rings. The first kappa shape index (κ1) is 78.1. The van der Waals surface area contributed by atoms with E-state index in [1.165, 1.54) is 180 Å². The fraction of sp³-hybridized carbons (Fsp3) is 0.724. The molecule has 0 heterocycles. The van der Waals surface area contributed by atoms with Gasteiger partial charge in [-0.05, 0) is 128 Å². The van der Waals surface area contributed by atoms with E-state index in [-0.39, 0.29) is 31.1 Å². The summed E-state index contributed by atoms with van der Waals surface area (Å²) < 4.78 is 17.0. The highest BCUT2D eigenvalue weighted by Crippen LogP contribution is 2.16. The molecule has 0 aliphatic carbocycles. The van der Waals surface area contributed by atoms with Crippen molar-refractivity contribution in [1.82, 2.24) is 0 Å². The van der Waals surface area contributed by atoms with Crippen LogP contribution in [0.25, 0.3) is 0 Å². The maximum Gasteiger partial charge on any atom is 0.306 e. The minimum atomic E-state index is -0.793. The van der Waals surface area contributed by atoms with Gasteiger partial charge in [-0.1, -0.05) is 297 Å². The van der Waals surface area contributed by atoms with Crippen LogP contribution >= 0.6 is 0 Å². The van der Waals surface area contributed by atoms with E-state index in [2.05, 4.69) is 130 Å². The van der Waals surface area contributed by atoms with E-state index < -0.39 is 6.10 Å². The molecule has 82 heavy (non-hydrogen) atoms. The minimum Gasteiger partial charge on any atom is -0.462 e. The normalized spacial score (nSPS) is 12.8. The van der Waals surface area contributed by atoms with E-state index in [1.54, 1.807) is 0 Å². The summed E-state index contributed by atoms with van der Waals surface area (Å²) in [5.74, 6) is -0.897. The minimum absolute atomic E-state index is 0.0868. The molecule has 6 nitrogen and oxygen atoms in total. The molecule has 0 aromatic rings. The third-order valence-corrected chi connectivity index (χ3v) is 15.0. The molecule has 0 rings (SSSR count). The average molecular weight is 1140 g/mol. The highest BCUT2D eigenvalue weighted by Gasteiger charge is 2.19. The number of hydrogen-bond donors (Lipinski definition) is 0. The summed E-state index contributed by atoms with van der Waals surface area (Å²) in [5.41, 5.74) is 0. The second-order valence-electron chi connectivity index (χ2n) is 23.1. The molecule has 0 saturated heterocycles. The molecule has 0 aromatic heterocycles. The molecular weight excluding hydrogens is 1010 g/mol. The Balaban J connectivity index is 4.43. The average Bonchev–Trinajstić information content (AvgIpc) is 3.47. The monoisotopic (exact) mass is 1140 g/mol. The quantitative estimate of drug-likeness (QED) is 0.0261. The second kappa shape index (κ2) is 69.6. The van der Waals surface area contributed by atoms with Crippen molar-refractivity contribution in [3.05, 3.63) is 109 Å². The molecule has 0 spiro atoms. The van der Waals surface area contributed by atoms with Crippen LogP contribution in [0.1, 0.15) is 335 Å². The molecule has 1 unspecified atom stereocenters. The summed E-state index contributed by atoms with van der Waals surface area (Å²) in [6.45, 7) is 6.53. The summed E-state index contributed by atoms with van der Waals surface area (Å²) in [7, 11) is 0. The number of carbonyl (C=O) groups is 3. The largest absolute Gasteiger partial charge is 0.462 e. The fourth-order valence-electron chi connectivity index (χ4n) is 9.77. The van der Waals surface area contributed by atoms with Crippen LogP contribution < -0.4 is 0 Å².